The number of nitrogens with two attached hydrogens (primary N) is 1. The van der Waals surface area contributed by atoms with Crippen molar-refractivity contribution in [3.8, 4) is 6.07 Å². The largest absolute Gasteiger partial charge is 0.374 e. The van der Waals surface area contributed by atoms with E-state index in [4.69, 9.17) is 15.7 Å². The van der Waals surface area contributed by atoms with E-state index in [-0.39, 0.29) is 30.0 Å². The molecular weight excluding hydrogens is 290 g/mol. The molecule has 7 heteroatoms. The van der Waals surface area contributed by atoms with Gasteiger partial charge in [0.15, 0.2) is 0 Å². The average Bonchev–Trinajstić information content (AvgIpc) is 2.48. The number of morpholine rings is 1. The first kappa shape index (κ1) is 15.9. The molecule has 0 aliphatic carbocycles. The first-order valence-corrected chi connectivity index (χ1v) is 8.22. The Morgan fingerprint density at radius 1 is 1.48 bits per heavy atom. The maximum Gasteiger partial charge on any atom is 0.243 e. The fraction of sp³-hybridized carbons (Fsp3) is 0.500. The molecule has 0 aromatic heterocycles. The number of hydrogen-bond donors (Lipinski definition) is 1. The van der Waals surface area contributed by atoms with E-state index in [1.54, 1.807) is 31.2 Å². The van der Waals surface area contributed by atoms with E-state index >= 15 is 0 Å². The molecule has 2 N–H and O–H groups in total. The summed E-state index contributed by atoms with van der Waals surface area (Å²) in [6.45, 7) is 2.74. The van der Waals surface area contributed by atoms with Gasteiger partial charge in [0.25, 0.3) is 0 Å². The zero-order valence-electron chi connectivity index (χ0n) is 11.9. The molecule has 0 radical (unpaired) electrons. The summed E-state index contributed by atoms with van der Waals surface area (Å²) < 4.78 is 32.1. The van der Waals surface area contributed by atoms with Gasteiger partial charge in [-0.3, -0.25) is 0 Å². The normalized spacial score (nSPS) is 21.7. The molecule has 1 aromatic rings. The Bertz CT molecular complexity index is 620. The van der Waals surface area contributed by atoms with Crippen LogP contribution in [0.1, 0.15) is 12.5 Å². The second kappa shape index (κ2) is 6.54. The molecule has 0 spiro atoms. The lowest BCUT2D eigenvalue weighted by Gasteiger charge is -2.33. The number of sulfonamides is 1. The highest BCUT2D eigenvalue weighted by molar-refractivity contribution is 7.89. The van der Waals surface area contributed by atoms with Gasteiger partial charge in [-0.05, 0) is 24.6 Å². The van der Waals surface area contributed by atoms with Gasteiger partial charge in [0.05, 0.1) is 30.1 Å². The number of nitrogens with zero attached hydrogens (tertiary/aromatic N) is 2. The second-order valence-corrected chi connectivity index (χ2v) is 7.05. The van der Waals surface area contributed by atoms with Gasteiger partial charge in [-0.15, -0.1) is 0 Å². The van der Waals surface area contributed by atoms with Crippen LogP contribution in [0.25, 0.3) is 0 Å². The van der Waals surface area contributed by atoms with Crippen LogP contribution in [-0.2, 0) is 21.2 Å². The van der Waals surface area contributed by atoms with Crippen LogP contribution in [0.5, 0.6) is 0 Å². The summed E-state index contributed by atoms with van der Waals surface area (Å²) in [5, 5.41) is 8.63. The van der Waals surface area contributed by atoms with Crippen molar-refractivity contribution in [2.45, 2.75) is 30.4 Å². The van der Waals surface area contributed by atoms with Crippen LogP contribution in [0.2, 0.25) is 0 Å². The van der Waals surface area contributed by atoms with Crippen LogP contribution in [0.3, 0.4) is 0 Å². The van der Waals surface area contributed by atoms with E-state index in [0.717, 1.165) is 5.56 Å². The molecule has 0 amide bonds. The minimum atomic E-state index is -3.55. The molecule has 0 saturated carbocycles. The smallest absolute Gasteiger partial charge is 0.243 e. The molecule has 2 rings (SSSR count). The van der Waals surface area contributed by atoms with Crippen molar-refractivity contribution in [2.24, 2.45) is 5.73 Å². The molecule has 1 aromatic carbocycles. The van der Waals surface area contributed by atoms with Gasteiger partial charge >= 0.3 is 0 Å². The molecule has 114 valence electrons. The highest BCUT2D eigenvalue weighted by Gasteiger charge is 2.32. The number of hydrogen-bond acceptors (Lipinski definition) is 5. The van der Waals surface area contributed by atoms with Crippen molar-refractivity contribution >= 4 is 10.0 Å². The van der Waals surface area contributed by atoms with Crippen molar-refractivity contribution in [3.63, 3.8) is 0 Å². The lowest BCUT2D eigenvalue weighted by molar-refractivity contribution is -0.0120. The first-order chi connectivity index (χ1) is 9.95. The molecule has 2 atom stereocenters. The quantitative estimate of drug-likeness (QED) is 0.873. The van der Waals surface area contributed by atoms with Gasteiger partial charge in [-0.2, -0.15) is 9.57 Å². The number of rotatable bonds is 4. The third kappa shape index (κ3) is 3.60. The van der Waals surface area contributed by atoms with Gasteiger partial charge in [-0.25, -0.2) is 8.42 Å². The third-order valence-corrected chi connectivity index (χ3v) is 5.37. The van der Waals surface area contributed by atoms with E-state index in [9.17, 15) is 8.42 Å². The Labute approximate surface area is 125 Å². The average molecular weight is 309 g/mol. The van der Waals surface area contributed by atoms with E-state index in [1.807, 2.05) is 6.07 Å². The van der Waals surface area contributed by atoms with Crippen molar-refractivity contribution < 1.29 is 13.2 Å². The molecular formula is C14H19N3O3S. The molecule has 1 heterocycles. The van der Waals surface area contributed by atoms with Gasteiger partial charge in [-0.1, -0.05) is 12.1 Å². The second-order valence-electron chi connectivity index (χ2n) is 5.11. The van der Waals surface area contributed by atoms with Crippen LogP contribution in [0.4, 0.5) is 0 Å². The van der Waals surface area contributed by atoms with Gasteiger partial charge in [0.2, 0.25) is 10.0 Å². The zero-order chi connectivity index (χ0) is 15.5. The fourth-order valence-corrected chi connectivity index (χ4v) is 3.64. The molecule has 21 heavy (non-hydrogen) atoms. The Morgan fingerprint density at radius 2 is 2.14 bits per heavy atom. The molecule has 1 saturated heterocycles. The van der Waals surface area contributed by atoms with Crippen LogP contribution in [0, 0.1) is 11.3 Å². The van der Waals surface area contributed by atoms with E-state index < -0.39 is 10.0 Å². The monoisotopic (exact) mass is 309 g/mol. The Hall–Kier alpha value is -1.46. The van der Waals surface area contributed by atoms with Crippen LogP contribution < -0.4 is 5.73 Å². The maximum atomic E-state index is 12.6. The molecule has 2 unspecified atom stereocenters. The number of benzene rings is 1. The predicted molar refractivity (Wildman–Crippen MR) is 77.9 cm³/mol. The van der Waals surface area contributed by atoms with Gasteiger partial charge in [0.1, 0.15) is 0 Å². The van der Waals surface area contributed by atoms with E-state index in [1.165, 1.54) is 4.31 Å². The van der Waals surface area contributed by atoms with Crippen molar-refractivity contribution in [1.29, 1.82) is 5.26 Å². The predicted octanol–water partition coefficient (Wildman–Crippen LogP) is 0.489. The summed E-state index contributed by atoms with van der Waals surface area (Å²) in [5.74, 6) is 0. The summed E-state index contributed by atoms with van der Waals surface area (Å²) in [4.78, 5) is 0.231. The highest BCUT2D eigenvalue weighted by atomic mass is 32.2. The minimum absolute atomic E-state index is 0.221. The molecule has 1 aliphatic heterocycles. The lowest BCUT2D eigenvalue weighted by Crippen LogP contribution is -2.51. The summed E-state index contributed by atoms with van der Waals surface area (Å²) >= 11 is 0. The van der Waals surface area contributed by atoms with E-state index in [2.05, 4.69) is 0 Å². The summed E-state index contributed by atoms with van der Waals surface area (Å²) in [5.41, 5.74) is 6.59. The first-order valence-electron chi connectivity index (χ1n) is 6.78. The lowest BCUT2D eigenvalue weighted by atomic mass is 10.2. The minimum Gasteiger partial charge on any atom is -0.374 e. The SMILES string of the molecule is CC(N)C1CN(S(=O)(=O)c2ccc(CC#N)cc2)CCO1. The van der Waals surface area contributed by atoms with Crippen molar-refractivity contribution in [2.75, 3.05) is 19.7 Å². The Balaban J connectivity index is 2.19. The van der Waals surface area contributed by atoms with Crippen molar-refractivity contribution in [1.82, 2.24) is 4.31 Å². The molecule has 6 nitrogen and oxygen atoms in total. The zero-order valence-corrected chi connectivity index (χ0v) is 12.7. The summed E-state index contributed by atoms with van der Waals surface area (Å²) in [7, 11) is -3.55. The fourth-order valence-electron chi connectivity index (χ4n) is 2.21. The van der Waals surface area contributed by atoms with Crippen molar-refractivity contribution in [3.05, 3.63) is 29.8 Å². The molecule has 0 bridgehead atoms. The Morgan fingerprint density at radius 3 is 2.71 bits per heavy atom. The third-order valence-electron chi connectivity index (χ3n) is 3.49. The highest BCUT2D eigenvalue weighted by Crippen LogP contribution is 2.20. The molecule has 1 fully saturated rings. The summed E-state index contributed by atoms with van der Waals surface area (Å²) in [6, 6.07) is 8.22. The van der Waals surface area contributed by atoms with Crippen LogP contribution in [-0.4, -0.2) is 44.6 Å². The van der Waals surface area contributed by atoms with E-state index in [0.29, 0.717) is 13.2 Å². The standard InChI is InChI=1S/C14H19N3O3S/c1-11(16)14-10-17(8-9-20-14)21(18,19)13-4-2-12(3-5-13)6-7-15/h2-5,11,14H,6,8-10,16H2,1H3. The maximum absolute atomic E-state index is 12.6. The van der Waals surface area contributed by atoms with Crippen LogP contribution >= 0.6 is 0 Å². The molecule has 1 aliphatic rings. The van der Waals surface area contributed by atoms with Crippen LogP contribution in [0.15, 0.2) is 29.2 Å². The van der Waals surface area contributed by atoms with Gasteiger partial charge in [0, 0.05) is 19.1 Å². The number of nitriles is 1. The summed E-state index contributed by atoms with van der Waals surface area (Å²) in [6.07, 6.45) is -0.0173. The van der Waals surface area contributed by atoms with Gasteiger partial charge < -0.3 is 10.5 Å². The number of ether oxygens (including phenoxy) is 1. The Kier molecular flexibility index (Phi) is 4.96. The topological polar surface area (TPSA) is 96.4 Å².